The normalized spacial score (nSPS) is 16.0. The lowest BCUT2D eigenvalue weighted by molar-refractivity contribution is 0.731. The molecule has 2 unspecified atom stereocenters. The second-order valence-electron chi connectivity index (χ2n) is 2.66. The standard InChI is InChI=1S/C8H12ClNS2/c1-5(10)8(11-2)6-3-4-7(9)12-6/h3-5,8H,10H2,1-2H3. The van der Waals surface area contributed by atoms with E-state index >= 15 is 0 Å². The van der Waals surface area contributed by atoms with Crippen molar-refractivity contribution in [2.24, 2.45) is 5.73 Å². The average Bonchev–Trinajstić information content (AvgIpc) is 2.37. The third-order valence-electron chi connectivity index (χ3n) is 1.61. The highest BCUT2D eigenvalue weighted by Crippen LogP contribution is 2.35. The van der Waals surface area contributed by atoms with Gasteiger partial charge in [-0.2, -0.15) is 11.8 Å². The molecule has 12 heavy (non-hydrogen) atoms. The van der Waals surface area contributed by atoms with Crippen molar-refractivity contribution in [2.75, 3.05) is 6.26 Å². The highest BCUT2D eigenvalue weighted by atomic mass is 35.5. The van der Waals surface area contributed by atoms with Crippen LogP contribution in [0.25, 0.3) is 0 Å². The first-order valence-corrected chi connectivity index (χ1v) is 6.17. The molecule has 1 aromatic heterocycles. The van der Waals surface area contributed by atoms with Crippen molar-refractivity contribution in [3.63, 3.8) is 0 Å². The number of hydrogen-bond acceptors (Lipinski definition) is 3. The lowest BCUT2D eigenvalue weighted by Crippen LogP contribution is -2.21. The molecule has 0 aromatic carbocycles. The third-order valence-corrected chi connectivity index (χ3v) is 4.26. The highest BCUT2D eigenvalue weighted by Gasteiger charge is 2.16. The van der Waals surface area contributed by atoms with E-state index in [1.54, 1.807) is 23.1 Å². The molecule has 0 saturated carbocycles. The van der Waals surface area contributed by atoms with Gasteiger partial charge in [0, 0.05) is 10.9 Å². The van der Waals surface area contributed by atoms with Gasteiger partial charge in [-0.1, -0.05) is 11.6 Å². The average molecular weight is 222 g/mol. The summed E-state index contributed by atoms with van der Waals surface area (Å²) in [4.78, 5) is 1.27. The van der Waals surface area contributed by atoms with Crippen LogP contribution in [0.1, 0.15) is 17.1 Å². The summed E-state index contributed by atoms with van der Waals surface area (Å²) in [5, 5.41) is 0.377. The third kappa shape index (κ3) is 2.39. The van der Waals surface area contributed by atoms with Crippen LogP contribution < -0.4 is 5.73 Å². The minimum atomic E-state index is 0.176. The Morgan fingerprint density at radius 2 is 2.25 bits per heavy atom. The van der Waals surface area contributed by atoms with E-state index in [-0.39, 0.29) is 6.04 Å². The number of thioether (sulfide) groups is 1. The summed E-state index contributed by atoms with van der Waals surface area (Å²) >= 11 is 9.22. The van der Waals surface area contributed by atoms with E-state index < -0.39 is 0 Å². The SMILES string of the molecule is CSC(c1ccc(Cl)s1)C(C)N. The lowest BCUT2D eigenvalue weighted by Gasteiger charge is -2.16. The van der Waals surface area contributed by atoms with E-state index in [2.05, 4.69) is 12.3 Å². The minimum absolute atomic E-state index is 0.176. The summed E-state index contributed by atoms with van der Waals surface area (Å²) in [6.45, 7) is 2.02. The van der Waals surface area contributed by atoms with Crippen molar-refractivity contribution in [1.29, 1.82) is 0 Å². The van der Waals surface area contributed by atoms with Crippen LogP contribution in [0.15, 0.2) is 12.1 Å². The van der Waals surface area contributed by atoms with Crippen LogP contribution in [0.3, 0.4) is 0 Å². The Hall–Kier alpha value is 0.300. The molecule has 0 spiro atoms. The molecule has 1 nitrogen and oxygen atoms in total. The summed E-state index contributed by atoms with van der Waals surface area (Å²) in [6, 6.07) is 4.15. The molecule has 0 aliphatic heterocycles. The predicted molar refractivity (Wildman–Crippen MR) is 59.2 cm³/mol. The maximum Gasteiger partial charge on any atom is 0.0931 e. The van der Waals surface area contributed by atoms with E-state index in [0.717, 1.165) is 4.34 Å². The summed E-state index contributed by atoms with van der Waals surface area (Å²) in [6.07, 6.45) is 2.07. The zero-order valence-corrected chi connectivity index (χ0v) is 9.47. The van der Waals surface area contributed by atoms with Crippen LogP contribution in [0.4, 0.5) is 0 Å². The first-order chi connectivity index (χ1) is 5.65. The van der Waals surface area contributed by atoms with Gasteiger partial charge in [-0.3, -0.25) is 0 Å². The Morgan fingerprint density at radius 3 is 2.58 bits per heavy atom. The Labute approximate surface area is 86.3 Å². The van der Waals surface area contributed by atoms with Crippen molar-refractivity contribution in [2.45, 2.75) is 18.2 Å². The van der Waals surface area contributed by atoms with Crippen molar-refractivity contribution in [1.82, 2.24) is 0 Å². The predicted octanol–water partition coefficient (Wildman–Crippen LogP) is 3.15. The Kier molecular flexibility index (Phi) is 3.90. The molecule has 0 fully saturated rings. The number of hydrogen-bond donors (Lipinski definition) is 1. The molecular weight excluding hydrogens is 210 g/mol. The Morgan fingerprint density at radius 1 is 1.58 bits per heavy atom. The zero-order valence-electron chi connectivity index (χ0n) is 7.08. The molecule has 0 amide bonds. The first kappa shape index (κ1) is 10.4. The van der Waals surface area contributed by atoms with Gasteiger partial charge in [-0.15, -0.1) is 11.3 Å². The van der Waals surface area contributed by atoms with Gasteiger partial charge in [-0.05, 0) is 25.3 Å². The fourth-order valence-electron chi connectivity index (χ4n) is 1.07. The quantitative estimate of drug-likeness (QED) is 0.849. The molecule has 68 valence electrons. The smallest absolute Gasteiger partial charge is 0.0931 e. The van der Waals surface area contributed by atoms with Crippen molar-refractivity contribution >= 4 is 34.7 Å². The maximum absolute atomic E-state index is 5.83. The molecule has 1 heterocycles. The molecule has 0 aliphatic rings. The molecular formula is C8H12ClNS2. The molecule has 1 aromatic rings. The van der Waals surface area contributed by atoms with Gasteiger partial charge in [0.2, 0.25) is 0 Å². The maximum atomic E-state index is 5.83. The fourth-order valence-corrected chi connectivity index (χ4v) is 3.40. The number of rotatable bonds is 3. The first-order valence-electron chi connectivity index (χ1n) is 3.68. The monoisotopic (exact) mass is 221 g/mol. The molecule has 0 radical (unpaired) electrons. The number of nitrogens with two attached hydrogens (primary N) is 1. The van der Waals surface area contributed by atoms with E-state index in [0.29, 0.717) is 5.25 Å². The summed E-state index contributed by atoms with van der Waals surface area (Å²) in [5.74, 6) is 0. The van der Waals surface area contributed by atoms with Gasteiger partial charge in [0.25, 0.3) is 0 Å². The van der Waals surface area contributed by atoms with Crippen molar-refractivity contribution in [3.8, 4) is 0 Å². The Balaban J connectivity index is 2.80. The topological polar surface area (TPSA) is 26.0 Å². The summed E-state index contributed by atoms with van der Waals surface area (Å²) < 4.78 is 0.838. The summed E-state index contributed by atoms with van der Waals surface area (Å²) in [7, 11) is 0. The van der Waals surface area contributed by atoms with Crippen LogP contribution in [0, 0.1) is 0 Å². The lowest BCUT2D eigenvalue weighted by atomic mass is 10.2. The van der Waals surface area contributed by atoms with E-state index in [1.165, 1.54) is 4.88 Å². The van der Waals surface area contributed by atoms with E-state index in [4.69, 9.17) is 17.3 Å². The van der Waals surface area contributed by atoms with Gasteiger partial charge in [0.05, 0.1) is 9.59 Å². The number of thiophene rings is 1. The minimum Gasteiger partial charge on any atom is -0.327 e. The van der Waals surface area contributed by atoms with Gasteiger partial charge < -0.3 is 5.73 Å². The Bertz CT molecular complexity index is 247. The number of halogens is 1. The second-order valence-corrected chi connectivity index (χ2v) is 5.38. The highest BCUT2D eigenvalue weighted by molar-refractivity contribution is 7.99. The molecule has 1 rings (SSSR count). The van der Waals surface area contributed by atoms with Crippen LogP contribution in [0.2, 0.25) is 4.34 Å². The molecule has 0 aliphatic carbocycles. The second kappa shape index (κ2) is 4.51. The van der Waals surface area contributed by atoms with Gasteiger partial charge in [0.1, 0.15) is 0 Å². The van der Waals surface area contributed by atoms with E-state index in [1.807, 2.05) is 13.0 Å². The van der Waals surface area contributed by atoms with Crippen LogP contribution >= 0.6 is 34.7 Å². The van der Waals surface area contributed by atoms with Crippen molar-refractivity contribution < 1.29 is 0 Å². The van der Waals surface area contributed by atoms with Crippen LogP contribution in [0.5, 0.6) is 0 Å². The molecule has 0 bridgehead atoms. The van der Waals surface area contributed by atoms with Gasteiger partial charge in [-0.25, -0.2) is 0 Å². The van der Waals surface area contributed by atoms with Gasteiger partial charge >= 0.3 is 0 Å². The van der Waals surface area contributed by atoms with Gasteiger partial charge in [0.15, 0.2) is 0 Å². The zero-order chi connectivity index (χ0) is 9.14. The fraction of sp³-hybridized carbons (Fsp3) is 0.500. The molecule has 4 heteroatoms. The molecule has 2 atom stereocenters. The molecule has 2 N–H and O–H groups in total. The van der Waals surface area contributed by atoms with Crippen molar-refractivity contribution in [3.05, 3.63) is 21.3 Å². The van der Waals surface area contributed by atoms with E-state index in [9.17, 15) is 0 Å². The van der Waals surface area contributed by atoms with Crippen LogP contribution in [-0.2, 0) is 0 Å². The molecule has 0 saturated heterocycles. The summed E-state index contributed by atoms with van der Waals surface area (Å²) in [5.41, 5.74) is 5.83. The van der Waals surface area contributed by atoms with Crippen LogP contribution in [-0.4, -0.2) is 12.3 Å². The largest absolute Gasteiger partial charge is 0.327 e.